The van der Waals surface area contributed by atoms with Crippen molar-refractivity contribution in [1.29, 1.82) is 0 Å². The first-order valence-corrected chi connectivity index (χ1v) is 7.21. The van der Waals surface area contributed by atoms with Crippen LogP contribution in [0.2, 0.25) is 10.0 Å². The van der Waals surface area contributed by atoms with E-state index in [1.807, 2.05) is 36.4 Å². The molecule has 0 aliphatic rings. The highest BCUT2D eigenvalue weighted by atomic mass is 79.9. The van der Waals surface area contributed by atoms with Gasteiger partial charge in [-0.3, -0.25) is 0 Å². The lowest BCUT2D eigenvalue weighted by Crippen LogP contribution is -1.88. The Hall–Kier alpha value is -1.09. The molecule has 0 atom stereocenters. The Labute approximate surface area is 129 Å². The van der Waals surface area contributed by atoms with Crippen molar-refractivity contribution in [3.63, 3.8) is 0 Å². The SMILES string of the molecule is Clc1ccc(Cl)c2c(Br)cc(-c3ccccc3)nc12. The quantitative estimate of drug-likeness (QED) is 0.525. The number of fused-ring (bicyclic) bond motifs is 1. The summed E-state index contributed by atoms with van der Waals surface area (Å²) in [5, 5.41) is 2.07. The van der Waals surface area contributed by atoms with Gasteiger partial charge < -0.3 is 0 Å². The molecule has 1 aromatic heterocycles. The van der Waals surface area contributed by atoms with E-state index in [1.54, 1.807) is 12.1 Å². The van der Waals surface area contributed by atoms with E-state index in [4.69, 9.17) is 23.2 Å². The van der Waals surface area contributed by atoms with Gasteiger partial charge in [0.2, 0.25) is 0 Å². The molecule has 0 aliphatic carbocycles. The maximum atomic E-state index is 6.22. The first-order chi connectivity index (χ1) is 9.16. The zero-order chi connectivity index (χ0) is 13.4. The fourth-order valence-corrected chi connectivity index (χ4v) is 3.17. The molecule has 0 spiro atoms. The summed E-state index contributed by atoms with van der Waals surface area (Å²) in [5.41, 5.74) is 2.62. The van der Waals surface area contributed by atoms with E-state index in [0.717, 1.165) is 21.1 Å². The summed E-state index contributed by atoms with van der Waals surface area (Å²) in [6, 6.07) is 15.5. The first kappa shape index (κ1) is 12.9. The predicted molar refractivity (Wildman–Crippen MR) is 84.9 cm³/mol. The van der Waals surface area contributed by atoms with Crippen LogP contribution in [-0.2, 0) is 0 Å². The van der Waals surface area contributed by atoms with E-state index >= 15 is 0 Å². The van der Waals surface area contributed by atoms with Crippen molar-refractivity contribution in [3.8, 4) is 11.3 Å². The molecule has 0 amide bonds. The van der Waals surface area contributed by atoms with Crippen LogP contribution >= 0.6 is 39.1 Å². The molecule has 0 unspecified atom stereocenters. The van der Waals surface area contributed by atoms with Gasteiger partial charge in [-0.15, -0.1) is 0 Å². The Morgan fingerprint density at radius 3 is 2.32 bits per heavy atom. The second-order valence-electron chi connectivity index (χ2n) is 4.11. The van der Waals surface area contributed by atoms with E-state index in [0.29, 0.717) is 15.6 Å². The van der Waals surface area contributed by atoms with Gasteiger partial charge in [0.15, 0.2) is 0 Å². The number of hydrogen-bond donors (Lipinski definition) is 0. The average molecular weight is 353 g/mol. The third kappa shape index (κ3) is 2.36. The zero-order valence-electron chi connectivity index (χ0n) is 9.70. The lowest BCUT2D eigenvalue weighted by atomic mass is 10.1. The Bertz CT molecular complexity index is 757. The zero-order valence-corrected chi connectivity index (χ0v) is 12.8. The number of benzene rings is 2. The molecule has 0 radical (unpaired) electrons. The van der Waals surface area contributed by atoms with Gasteiger partial charge in [-0.05, 0) is 34.1 Å². The average Bonchev–Trinajstić information content (AvgIpc) is 2.43. The molecule has 1 heterocycles. The summed E-state index contributed by atoms with van der Waals surface area (Å²) in [7, 11) is 0. The van der Waals surface area contributed by atoms with E-state index < -0.39 is 0 Å². The van der Waals surface area contributed by atoms with Crippen molar-refractivity contribution in [2.24, 2.45) is 0 Å². The van der Waals surface area contributed by atoms with Crippen molar-refractivity contribution in [1.82, 2.24) is 4.98 Å². The van der Waals surface area contributed by atoms with Crippen LogP contribution in [0, 0.1) is 0 Å². The van der Waals surface area contributed by atoms with Crippen LogP contribution in [0.4, 0.5) is 0 Å². The van der Waals surface area contributed by atoms with Crippen molar-refractivity contribution in [2.45, 2.75) is 0 Å². The fourth-order valence-electron chi connectivity index (χ4n) is 1.98. The van der Waals surface area contributed by atoms with E-state index in [9.17, 15) is 0 Å². The summed E-state index contributed by atoms with van der Waals surface area (Å²) in [5.74, 6) is 0. The van der Waals surface area contributed by atoms with Crippen molar-refractivity contribution < 1.29 is 0 Å². The largest absolute Gasteiger partial charge is 0.246 e. The molecule has 0 saturated heterocycles. The minimum Gasteiger partial charge on any atom is -0.246 e. The summed E-state index contributed by atoms with van der Waals surface area (Å²) < 4.78 is 0.892. The molecule has 0 aliphatic heterocycles. The molecule has 3 aromatic rings. The lowest BCUT2D eigenvalue weighted by molar-refractivity contribution is 1.39. The number of aromatic nitrogens is 1. The molecule has 19 heavy (non-hydrogen) atoms. The number of pyridine rings is 1. The molecule has 0 saturated carbocycles. The van der Waals surface area contributed by atoms with Crippen molar-refractivity contribution in [3.05, 3.63) is 63.0 Å². The van der Waals surface area contributed by atoms with Crippen molar-refractivity contribution in [2.75, 3.05) is 0 Å². The minimum atomic E-state index is 0.595. The molecular weight excluding hydrogens is 345 g/mol. The summed E-state index contributed by atoms with van der Waals surface area (Å²) in [6.07, 6.45) is 0. The second-order valence-corrected chi connectivity index (χ2v) is 5.78. The number of rotatable bonds is 1. The second kappa shape index (κ2) is 5.12. The standard InChI is InChI=1S/C15H8BrCl2N/c16-10-8-13(9-4-2-1-3-5-9)19-15-12(18)7-6-11(17)14(10)15/h1-8H. The fraction of sp³-hybridized carbons (Fsp3) is 0. The highest BCUT2D eigenvalue weighted by molar-refractivity contribution is 9.10. The van der Waals surface area contributed by atoms with Crippen LogP contribution in [0.15, 0.2) is 53.0 Å². The molecule has 0 N–H and O–H groups in total. The normalized spacial score (nSPS) is 10.9. The van der Waals surface area contributed by atoms with Gasteiger partial charge in [-0.2, -0.15) is 0 Å². The monoisotopic (exact) mass is 351 g/mol. The van der Waals surface area contributed by atoms with E-state index in [-0.39, 0.29) is 0 Å². The Kier molecular flexibility index (Phi) is 3.48. The van der Waals surface area contributed by atoms with E-state index in [1.165, 1.54) is 0 Å². The molecular formula is C15H8BrCl2N. The van der Waals surface area contributed by atoms with Crippen LogP contribution < -0.4 is 0 Å². The van der Waals surface area contributed by atoms with Crippen LogP contribution in [-0.4, -0.2) is 4.98 Å². The number of halogens is 3. The highest BCUT2D eigenvalue weighted by Crippen LogP contribution is 2.36. The number of hydrogen-bond acceptors (Lipinski definition) is 1. The molecule has 0 bridgehead atoms. The maximum Gasteiger partial charge on any atom is 0.0922 e. The van der Waals surface area contributed by atoms with Crippen molar-refractivity contribution >= 4 is 50.0 Å². The van der Waals surface area contributed by atoms with Gasteiger partial charge in [-0.1, -0.05) is 53.5 Å². The Morgan fingerprint density at radius 2 is 1.58 bits per heavy atom. The molecule has 2 aromatic carbocycles. The smallest absolute Gasteiger partial charge is 0.0922 e. The topological polar surface area (TPSA) is 12.9 Å². The van der Waals surface area contributed by atoms with Gasteiger partial charge in [0.1, 0.15) is 0 Å². The molecule has 1 nitrogen and oxygen atoms in total. The maximum absolute atomic E-state index is 6.22. The van der Waals surface area contributed by atoms with Gasteiger partial charge in [0.05, 0.1) is 21.3 Å². The van der Waals surface area contributed by atoms with Gasteiger partial charge in [0, 0.05) is 15.4 Å². The predicted octanol–water partition coefficient (Wildman–Crippen LogP) is 5.97. The van der Waals surface area contributed by atoms with Crippen LogP contribution in [0.5, 0.6) is 0 Å². The summed E-state index contributed by atoms with van der Waals surface area (Å²) in [6.45, 7) is 0. The third-order valence-electron chi connectivity index (χ3n) is 2.88. The Balaban J connectivity index is 2.34. The Morgan fingerprint density at radius 1 is 0.895 bits per heavy atom. The first-order valence-electron chi connectivity index (χ1n) is 5.66. The molecule has 4 heteroatoms. The lowest BCUT2D eigenvalue weighted by Gasteiger charge is -2.08. The van der Waals surface area contributed by atoms with Crippen LogP contribution in [0.1, 0.15) is 0 Å². The van der Waals surface area contributed by atoms with Gasteiger partial charge in [-0.25, -0.2) is 4.98 Å². The number of nitrogens with zero attached hydrogens (tertiary/aromatic N) is 1. The van der Waals surface area contributed by atoms with Gasteiger partial charge >= 0.3 is 0 Å². The van der Waals surface area contributed by atoms with Crippen LogP contribution in [0.25, 0.3) is 22.2 Å². The van der Waals surface area contributed by atoms with E-state index in [2.05, 4.69) is 20.9 Å². The molecule has 0 fully saturated rings. The summed E-state index contributed by atoms with van der Waals surface area (Å²) >= 11 is 16.0. The van der Waals surface area contributed by atoms with Crippen LogP contribution in [0.3, 0.4) is 0 Å². The molecule has 3 rings (SSSR count). The highest BCUT2D eigenvalue weighted by Gasteiger charge is 2.11. The molecule has 94 valence electrons. The minimum absolute atomic E-state index is 0.595. The summed E-state index contributed by atoms with van der Waals surface area (Å²) in [4.78, 5) is 4.62. The third-order valence-corrected chi connectivity index (χ3v) is 4.13. The van der Waals surface area contributed by atoms with Gasteiger partial charge in [0.25, 0.3) is 0 Å².